The van der Waals surface area contributed by atoms with Crippen molar-refractivity contribution in [2.24, 2.45) is 0 Å². The predicted octanol–water partition coefficient (Wildman–Crippen LogP) is 1.82. The Kier molecular flexibility index (Phi) is 4.93. The maximum Gasteiger partial charge on any atom is 0.0716 e. The van der Waals surface area contributed by atoms with E-state index in [-0.39, 0.29) is 0 Å². The maximum atomic E-state index is 5.19. The average molecular weight is 245 g/mol. The Labute approximate surface area is 108 Å². The topological polar surface area (TPSA) is 39.1 Å². The molecule has 0 unspecified atom stereocenters. The largest absolute Gasteiger partial charge is 0.380 e. The van der Waals surface area contributed by atoms with Gasteiger partial charge in [0.1, 0.15) is 0 Å². The Morgan fingerprint density at radius 2 is 2.06 bits per heavy atom. The van der Waals surface area contributed by atoms with E-state index in [4.69, 9.17) is 4.74 Å². The average Bonchev–Trinajstić information content (AvgIpc) is 2.90. The van der Waals surface area contributed by atoms with E-state index in [9.17, 15) is 0 Å². The number of methoxy groups -OCH3 is 1. The zero-order valence-corrected chi connectivity index (χ0v) is 10.7. The van der Waals surface area contributed by atoms with Crippen LogP contribution in [-0.4, -0.2) is 23.4 Å². The minimum atomic E-state index is 0.664. The molecule has 1 aromatic heterocycles. The fourth-order valence-corrected chi connectivity index (χ4v) is 1.88. The van der Waals surface area contributed by atoms with Crippen molar-refractivity contribution in [2.45, 2.75) is 19.7 Å². The Balaban J connectivity index is 1.79. The van der Waals surface area contributed by atoms with Crippen LogP contribution in [0.1, 0.15) is 11.1 Å². The lowest BCUT2D eigenvalue weighted by atomic mass is 10.1. The molecule has 0 aliphatic heterocycles. The molecule has 0 atom stereocenters. The van der Waals surface area contributed by atoms with Crippen molar-refractivity contribution in [3.8, 4) is 0 Å². The third-order valence-corrected chi connectivity index (χ3v) is 2.81. The van der Waals surface area contributed by atoms with E-state index in [1.807, 2.05) is 23.0 Å². The molecule has 1 aromatic carbocycles. The molecule has 96 valence electrons. The molecule has 0 radical (unpaired) electrons. The van der Waals surface area contributed by atoms with Gasteiger partial charge in [-0.25, -0.2) is 0 Å². The summed E-state index contributed by atoms with van der Waals surface area (Å²) >= 11 is 0. The minimum absolute atomic E-state index is 0.664. The Morgan fingerprint density at radius 3 is 2.78 bits per heavy atom. The molecule has 0 amide bonds. The molecule has 2 rings (SSSR count). The van der Waals surface area contributed by atoms with Gasteiger partial charge in [0.25, 0.3) is 0 Å². The van der Waals surface area contributed by atoms with E-state index in [0.717, 1.165) is 19.6 Å². The second kappa shape index (κ2) is 6.93. The van der Waals surface area contributed by atoms with E-state index in [1.165, 1.54) is 11.1 Å². The summed E-state index contributed by atoms with van der Waals surface area (Å²) in [4.78, 5) is 0. The monoisotopic (exact) mass is 245 g/mol. The summed E-state index contributed by atoms with van der Waals surface area (Å²) in [6.07, 6.45) is 3.77. The summed E-state index contributed by atoms with van der Waals surface area (Å²) in [5.41, 5.74) is 2.53. The zero-order chi connectivity index (χ0) is 12.6. The van der Waals surface area contributed by atoms with E-state index in [2.05, 4.69) is 28.6 Å². The number of ether oxygens (including phenoxy) is 1. The lowest BCUT2D eigenvalue weighted by Crippen LogP contribution is -2.20. The third kappa shape index (κ3) is 3.68. The van der Waals surface area contributed by atoms with E-state index in [1.54, 1.807) is 13.3 Å². The molecule has 0 bridgehead atoms. The van der Waals surface area contributed by atoms with Crippen molar-refractivity contribution in [2.75, 3.05) is 13.7 Å². The third-order valence-electron chi connectivity index (χ3n) is 2.81. The van der Waals surface area contributed by atoms with E-state index in [0.29, 0.717) is 6.61 Å². The van der Waals surface area contributed by atoms with Crippen molar-refractivity contribution in [3.63, 3.8) is 0 Å². The highest BCUT2D eigenvalue weighted by Crippen LogP contribution is 2.09. The Morgan fingerprint density at radius 1 is 1.22 bits per heavy atom. The lowest BCUT2D eigenvalue weighted by Gasteiger charge is -2.10. The van der Waals surface area contributed by atoms with Gasteiger partial charge in [0, 0.05) is 32.6 Å². The molecule has 0 saturated heterocycles. The molecule has 4 nitrogen and oxygen atoms in total. The van der Waals surface area contributed by atoms with Crippen LogP contribution in [-0.2, 0) is 24.4 Å². The summed E-state index contributed by atoms with van der Waals surface area (Å²) in [6.45, 7) is 3.32. The van der Waals surface area contributed by atoms with Crippen LogP contribution in [0.3, 0.4) is 0 Å². The standard InChI is InChI=1S/C14H19N3O/c1-18-12-14-6-3-2-5-13(14)11-15-8-10-17-9-4-7-16-17/h2-7,9,15H,8,10-12H2,1H3. The second-order valence-electron chi connectivity index (χ2n) is 4.15. The highest BCUT2D eigenvalue weighted by molar-refractivity contribution is 5.26. The first kappa shape index (κ1) is 12.8. The second-order valence-corrected chi connectivity index (χ2v) is 4.15. The van der Waals surface area contributed by atoms with Crippen molar-refractivity contribution in [1.29, 1.82) is 0 Å². The van der Waals surface area contributed by atoms with E-state index >= 15 is 0 Å². The normalized spacial score (nSPS) is 10.7. The molecule has 0 saturated carbocycles. The van der Waals surface area contributed by atoms with Crippen LogP contribution in [0.2, 0.25) is 0 Å². The molecule has 0 aliphatic rings. The number of nitrogens with one attached hydrogen (secondary N) is 1. The van der Waals surface area contributed by atoms with Crippen LogP contribution in [0.4, 0.5) is 0 Å². The maximum absolute atomic E-state index is 5.19. The fourth-order valence-electron chi connectivity index (χ4n) is 1.88. The van der Waals surface area contributed by atoms with Gasteiger partial charge in [0.2, 0.25) is 0 Å². The van der Waals surface area contributed by atoms with E-state index < -0.39 is 0 Å². The van der Waals surface area contributed by atoms with Crippen LogP contribution in [0.15, 0.2) is 42.7 Å². The number of rotatable bonds is 7. The quantitative estimate of drug-likeness (QED) is 0.756. The zero-order valence-electron chi connectivity index (χ0n) is 10.7. The summed E-state index contributed by atoms with van der Waals surface area (Å²) in [5.74, 6) is 0. The first-order valence-electron chi connectivity index (χ1n) is 6.14. The molecule has 4 heteroatoms. The van der Waals surface area contributed by atoms with Crippen molar-refractivity contribution in [1.82, 2.24) is 15.1 Å². The minimum Gasteiger partial charge on any atom is -0.380 e. The van der Waals surface area contributed by atoms with Gasteiger partial charge in [0.05, 0.1) is 13.2 Å². The van der Waals surface area contributed by atoms with Gasteiger partial charge in [0.15, 0.2) is 0 Å². The van der Waals surface area contributed by atoms with Crippen LogP contribution < -0.4 is 5.32 Å². The predicted molar refractivity (Wildman–Crippen MR) is 71.1 cm³/mol. The van der Waals surface area contributed by atoms with Crippen LogP contribution in [0, 0.1) is 0 Å². The van der Waals surface area contributed by atoms with Crippen molar-refractivity contribution < 1.29 is 4.74 Å². The molecular weight excluding hydrogens is 226 g/mol. The summed E-state index contributed by atoms with van der Waals surface area (Å²) in [6, 6.07) is 10.3. The van der Waals surface area contributed by atoms with Crippen LogP contribution in [0.5, 0.6) is 0 Å². The first-order chi connectivity index (χ1) is 8.90. The molecule has 0 spiro atoms. The summed E-state index contributed by atoms with van der Waals surface area (Å²) in [7, 11) is 1.72. The fraction of sp³-hybridized carbons (Fsp3) is 0.357. The van der Waals surface area contributed by atoms with Gasteiger partial charge >= 0.3 is 0 Å². The highest BCUT2D eigenvalue weighted by atomic mass is 16.5. The molecular formula is C14H19N3O. The number of benzene rings is 1. The van der Waals surface area contributed by atoms with Gasteiger partial charge in [-0.1, -0.05) is 24.3 Å². The molecule has 2 aromatic rings. The summed E-state index contributed by atoms with van der Waals surface area (Å²) in [5, 5.41) is 7.59. The van der Waals surface area contributed by atoms with Gasteiger partial charge in [-0.2, -0.15) is 5.10 Å². The van der Waals surface area contributed by atoms with Crippen LogP contribution in [0.25, 0.3) is 0 Å². The summed E-state index contributed by atoms with van der Waals surface area (Å²) < 4.78 is 7.12. The number of hydrogen-bond donors (Lipinski definition) is 1. The van der Waals surface area contributed by atoms with Crippen molar-refractivity contribution >= 4 is 0 Å². The lowest BCUT2D eigenvalue weighted by molar-refractivity contribution is 0.184. The SMILES string of the molecule is COCc1ccccc1CNCCn1cccn1. The van der Waals surface area contributed by atoms with Crippen molar-refractivity contribution in [3.05, 3.63) is 53.9 Å². The van der Waals surface area contributed by atoms with Gasteiger partial charge in [-0.3, -0.25) is 4.68 Å². The molecule has 1 N–H and O–H groups in total. The van der Waals surface area contributed by atoms with Gasteiger partial charge in [-0.05, 0) is 17.2 Å². The van der Waals surface area contributed by atoms with Crippen LogP contribution >= 0.6 is 0 Å². The molecule has 1 heterocycles. The molecule has 0 fully saturated rings. The van der Waals surface area contributed by atoms with Gasteiger partial charge < -0.3 is 10.1 Å². The molecule has 0 aliphatic carbocycles. The highest BCUT2D eigenvalue weighted by Gasteiger charge is 2.00. The smallest absolute Gasteiger partial charge is 0.0716 e. The molecule has 18 heavy (non-hydrogen) atoms. The first-order valence-corrected chi connectivity index (χ1v) is 6.14. The Hall–Kier alpha value is -1.65. The Bertz CT molecular complexity index is 454. The number of aromatic nitrogens is 2. The number of hydrogen-bond acceptors (Lipinski definition) is 3. The number of nitrogens with zero attached hydrogens (tertiary/aromatic N) is 2. The van der Waals surface area contributed by atoms with Gasteiger partial charge in [-0.15, -0.1) is 0 Å².